The molecule has 0 radical (unpaired) electrons. The molecule has 82 valence electrons. The minimum Gasteiger partial charge on any atom is -0.497 e. The summed E-state index contributed by atoms with van der Waals surface area (Å²) in [6, 6.07) is 5.55. The van der Waals surface area contributed by atoms with Crippen LogP contribution in [0.4, 0.5) is 0 Å². The first-order valence-electron chi connectivity index (χ1n) is 4.60. The molecule has 4 heteroatoms. The number of aryl methyl sites for hydroxylation is 1. The Morgan fingerprint density at radius 2 is 2.07 bits per heavy atom. The van der Waals surface area contributed by atoms with Crippen molar-refractivity contribution in [3.63, 3.8) is 0 Å². The average molecular weight is 226 g/mol. The lowest BCUT2D eigenvalue weighted by molar-refractivity contribution is -0.110. The fraction of sp³-hybridized carbons (Fsp3) is 0.364. The van der Waals surface area contributed by atoms with E-state index in [4.69, 9.17) is 9.47 Å². The van der Waals surface area contributed by atoms with E-state index in [0.717, 1.165) is 17.1 Å². The third kappa shape index (κ3) is 3.47. The molecule has 0 saturated carbocycles. The second kappa shape index (κ2) is 5.66. The SMILES string of the molecule is COc1ccc(CCC(=O)S)c(OC)c1. The molecule has 1 aromatic carbocycles. The summed E-state index contributed by atoms with van der Waals surface area (Å²) in [4.78, 5) is 10.7. The van der Waals surface area contributed by atoms with Crippen LogP contribution in [0.2, 0.25) is 0 Å². The summed E-state index contributed by atoms with van der Waals surface area (Å²) in [6.07, 6.45) is 1.04. The molecule has 0 fully saturated rings. The summed E-state index contributed by atoms with van der Waals surface area (Å²) < 4.78 is 10.3. The quantitative estimate of drug-likeness (QED) is 0.781. The van der Waals surface area contributed by atoms with Crippen LogP contribution < -0.4 is 9.47 Å². The normalized spacial score (nSPS) is 9.80. The fourth-order valence-electron chi connectivity index (χ4n) is 1.30. The highest BCUT2D eigenvalue weighted by atomic mass is 32.1. The molecule has 0 aliphatic carbocycles. The fourth-order valence-corrected chi connectivity index (χ4v) is 1.41. The molecule has 0 aromatic heterocycles. The van der Waals surface area contributed by atoms with E-state index in [9.17, 15) is 4.79 Å². The van der Waals surface area contributed by atoms with Gasteiger partial charge in [0, 0.05) is 12.5 Å². The van der Waals surface area contributed by atoms with Gasteiger partial charge in [-0.25, -0.2) is 0 Å². The van der Waals surface area contributed by atoms with Crippen LogP contribution in [0.1, 0.15) is 12.0 Å². The van der Waals surface area contributed by atoms with Crippen LogP contribution in [-0.2, 0) is 11.2 Å². The Kier molecular flexibility index (Phi) is 4.49. The zero-order chi connectivity index (χ0) is 11.3. The summed E-state index contributed by atoms with van der Waals surface area (Å²) in [6.45, 7) is 0. The first-order chi connectivity index (χ1) is 7.17. The predicted octanol–water partition coefficient (Wildman–Crippen LogP) is 2.09. The number of thiol groups is 1. The smallest absolute Gasteiger partial charge is 0.186 e. The second-order valence-electron chi connectivity index (χ2n) is 3.07. The number of carbonyl (C=O) groups is 1. The number of carbonyl (C=O) groups excluding carboxylic acids is 1. The van der Waals surface area contributed by atoms with Gasteiger partial charge < -0.3 is 9.47 Å². The molecular formula is C11H14O3S. The molecule has 0 unspecified atom stereocenters. The number of methoxy groups -OCH3 is 2. The Balaban J connectivity index is 2.82. The van der Waals surface area contributed by atoms with E-state index in [1.54, 1.807) is 20.3 Å². The highest BCUT2D eigenvalue weighted by Gasteiger charge is 2.06. The van der Waals surface area contributed by atoms with Gasteiger partial charge in [0.25, 0.3) is 0 Å². The van der Waals surface area contributed by atoms with E-state index in [1.165, 1.54) is 0 Å². The number of hydrogen-bond acceptors (Lipinski definition) is 3. The lowest BCUT2D eigenvalue weighted by atomic mass is 10.1. The standard InChI is InChI=1S/C11H14O3S/c1-13-9-5-3-8(4-6-11(12)15)10(7-9)14-2/h3,5,7H,4,6H2,1-2H3,(H,12,15). The molecule has 1 aromatic rings. The lowest BCUT2D eigenvalue weighted by Gasteiger charge is -2.09. The lowest BCUT2D eigenvalue weighted by Crippen LogP contribution is -1.96. The van der Waals surface area contributed by atoms with Gasteiger partial charge in [-0.3, -0.25) is 4.79 Å². The largest absolute Gasteiger partial charge is 0.497 e. The van der Waals surface area contributed by atoms with Crippen LogP contribution in [0.15, 0.2) is 18.2 Å². The average Bonchev–Trinajstić information content (AvgIpc) is 2.25. The van der Waals surface area contributed by atoms with Gasteiger partial charge in [-0.05, 0) is 18.1 Å². The monoisotopic (exact) mass is 226 g/mol. The number of rotatable bonds is 5. The highest BCUT2D eigenvalue weighted by Crippen LogP contribution is 2.25. The van der Waals surface area contributed by atoms with Crippen LogP contribution in [0.5, 0.6) is 11.5 Å². The van der Waals surface area contributed by atoms with Gasteiger partial charge in [0.1, 0.15) is 11.5 Å². The molecule has 0 amide bonds. The predicted molar refractivity (Wildman–Crippen MR) is 61.9 cm³/mol. The molecule has 0 saturated heterocycles. The minimum absolute atomic E-state index is 0.118. The molecule has 3 nitrogen and oxygen atoms in total. The van der Waals surface area contributed by atoms with E-state index < -0.39 is 0 Å². The van der Waals surface area contributed by atoms with Crippen LogP contribution in [0.25, 0.3) is 0 Å². The van der Waals surface area contributed by atoms with Crippen LogP contribution >= 0.6 is 12.6 Å². The van der Waals surface area contributed by atoms with Gasteiger partial charge in [0.05, 0.1) is 14.2 Å². The van der Waals surface area contributed by atoms with Gasteiger partial charge in [0.2, 0.25) is 0 Å². The van der Waals surface area contributed by atoms with Crippen LogP contribution in [0.3, 0.4) is 0 Å². The molecule has 0 spiro atoms. The Morgan fingerprint density at radius 3 is 2.60 bits per heavy atom. The summed E-state index contributed by atoms with van der Waals surface area (Å²) in [5.74, 6) is 1.48. The topological polar surface area (TPSA) is 35.5 Å². The molecule has 0 heterocycles. The van der Waals surface area contributed by atoms with Crippen molar-refractivity contribution >= 4 is 17.7 Å². The highest BCUT2D eigenvalue weighted by molar-refractivity contribution is 7.96. The zero-order valence-corrected chi connectivity index (χ0v) is 9.71. The van der Waals surface area contributed by atoms with E-state index in [2.05, 4.69) is 12.6 Å². The first-order valence-corrected chi connectivity index (χ1v) is 5.04. The number of ether oxygens (including phenoxy) is 2. The van der Waals surface area contributed by atoms with Gasteiger partial charge >= 0.3 is 0 Å². The molecule has 15 heavy (non-hydrogen) atoms. The van der Waals surface area contributed by atoms with Crippen LogP contribution in [0, 0.1) is 0 Å². The van der Waals surface area contributed by atoms with Crippen molar-refractivity contribution in [1.29, 1.82) is 0 Å². The molecule has 0 atom stereocenters. The summed E-state index contributed by atoms with van der Waals surface area (Å²) in [7, 11) is 3.20. The van der Waals surface area contributed by atoms with Crippen molar-refractivity contribution in [3.05, 3.63) is 23.8 Å². The summed E-state index contributed by atoms with van der Waals surface area (Å²) >= 11 is 3.73. The van der Waals surface area contributed by atoms with Crippen molar-refractivity contribution in [3.8, 4) is 11.5 Å². The molecule has 0 aliphatic heterocycles. The molecule has 0 bridgehead atoms. The van der Waals surface area contributed by atoms with Crippen molar-refractivity contribution < 1.29 is 14.3 Å². The minimum atomic E-state index is -0.118. The van der Waals surface area contributed by atoms with Gasteiger partial charge in [-0.2, -0.15) is 0 Å². The molecule has 1 rings (SSSR count). The van der Waals surface area contributed by atoms with Gasteiger partial charge in [-0.1, -0.05) is 6.07 Å². The van der Waals surface area contributed by atoms with Gasteiger partial charge in [-0.15, -0.1) is 12.6 Å². The van der Waals surface area contributed by atoms with E-state index in [0.29, 0.717) is 12.8 Å². The van der Waals surface area contributed by atoms with Crippen molar-refractivity contribution in [2.75, 3.05) is 14.2 Å². The Bertz CT molecular complexity index is 350. The van der Waals surface area contributed by atoms with Gasteiger partial charge in [0.15, 0.2) is 5.12 Å². The Labute approximate surface area is 94.8 Å². The van der Waals surface area contributed by atoms with Crippen LogP contribution in [-0.4, -0.2) is 19.3 Å². The number of hydrogen-bond donors (Lipinski definition) is 1. The van der Waals surface area contributed by atoms with Crippen molar-refractivity contribution in [2.45, 2.75) is 12.8 Å². The summed E-state index contributed by atoms with van der Waals surface area (Å²) in [5, 5.41) is -0.118. The molecule has 0 aliphatic rings. The third-order valence-electron chi connectivity index (χ3n) is 2.10. The van der Waals surface area contributed by atoms with Crippen molar-refractivity contribution in [2.24, 2.45) is 0 Å². The summed E-state index contributed by atoms with van der Waals surface area (Å²) in [5.41, 5.74) is 0.987. The maximum absolute atomic E-state index is 10.7. The number of benzene rings is 1. The molecule has 0 N–H and O–H groups in total. The Morgan fingerprint density at radius 1 is 1.33 bits per heavy atom. The Hall–Kier alpha value is -1.16. The molecular weight excluding hydrogens is 212 g/mol. The third-order valence-corrected chi connectivity index (χ3v) is 2.33. The maximum Gasteiger partial charge on any atom is 0.186 e. The van der Waals surface area contributed by atoms with E-state index >= 15 is 0 Å². The zero-order valence-electron chi connectivity index (χ0n) is 8.82. The second-order valence-corrected chi connectivity index (χ2v) is 3.57. The maximum atomic E-state index is 10.7. The van der Waals surface area contributed by atoms with E-state index in [1.807, 2.05) is 12.1 Å². The van der Waals surface area contributed by atoms with Crippen molar-refractivity contribution in [1.82, 2.24) is 0 Å². The first kappa shape index (κ1) is 11.9. The van der Waals surface area contributed by atoms with E-state index in [-0.39, 0.29) is 5.12 Å².